The molecule has 26 heavy (non-hydrogen) atoms. The van der Waals surface area contributed by atoms with Gasteiger partial charge in [-0.15, -0.1) is 0 Å². The SMILES string of the molecule is CCNc1ccc(C(=O)OCC)cc1NS(=O)(=O)c1cc(C)ccc1C. The van der Waals surface area contributed by atoms with E-state index >= 15 is 0 Å². The molecule has 6 nitrogen and oxygen atoms in total. The summed E-state index contributed by atoms with van der Waals surface area (Å²) < 4.78 is 33.4. The molecular formula is C19H24N2O4S. The standard InChI is InChI=1S/C19H24N2O4S/c1-5-20-16-10-9-15(19(22)25-6-2)12-17(16)21-26(23,24)18-11-13(3)7-8-14(18)4/h7-12,20-21H,5-6H2,1-4H3. The second-order valence-corrected chi connectivity index (χ2v) is 7.54. The predicted molar refractivity (Wildman–Crippen MR) is 103 cm³/mol. The lowest BCUT2D eigenvalue weighted by Crippen LogP contribution is -2.17. The molecule has 2 aromatic carbocycles. The second-order valence-electron chi connectivity index (χ2n) is 5.89. The van der Waals surface area contributed by atoms with Crippen LogP contribution in [0.4, 0.5) is 11.4 Å². The van der Waals surface area contributed by atoms with Gasteiger partial charge in [0, 0.05) is 6.54 Å². The molecule has 0 unspecified atom stereocenters. The number of hydrogen-bond donors (Lipinski definition) is 2. The molecule has 0 spiro atoms. The minimum Gasteiger partial charge on any atom is -0.462 e. The van der Waals surface area contributed by atoms with Gasteiger partial charge in [0.1, 0.15) is 0 Å². The molecule has 7 heteroatoms. The first-order chi connectivity index (χ1) is 12.3. The first-order valence-corrected chi connectivity index (χ1v) is 9.92. The smallest absolute Gasteiger partial charge is 0.338 e. The van der Waals surface area contributed by atoms with Crippen molar-refractivity contribution in [2.45, 2.75) is 32.6 Å². The number of ether oxygens (including phenoxy) is 1. The third kappa shape index (κ3) is 4.54. The normalized spacial score (nSPS) is 11.1. The zero-order chi connectivity index (χ0) is 19.3. The van der Waals surface area contributed by atoms with Gasteiger partial charge in [0.15, 0.2) is 0 Å². The van der Waals surface area contributed by atoms with Gasteiger partial charge in [-0.2, -0.15) is 0 Å². The van der Waals surface area contributed by atoms with Crippen LogP contribution in [0, 0.1) is 13.8 Å². The van der Waals surface area contributed by atoms with Gasteiger partial charge >= 0.3 is 5.97 Å². The van der Waals surface area contributed by atoms with Crippen LogP contribution in [-0.4, -0.2) is 27.5 Å². The minimum atomic E-state index is -3.80. The van der Waals surface area contributed by atoms with Crippen LogP contribution in [-0.2, 0) is 14.8 Å². The summed E-state index contributed by atoms with van der Waals surface area (Å²) >= 11 is 0. The number of benzene rings is 2. The first kappa shape index (κ1) is 19.8. The summed E-state index contributed by atoms with van der Waals surface area (Å²) in [6.07, 6.45) is 0. The van der Waals surface area contributed by atoms with Crippen LogP contribution < -0.4 is 10.0 Å². The first-order valence-electron chi connectivity index (χ1n) is 8.43. The van der Waals surface area contributed by atoms with E-state index in [1.54, 1.807) is 38.1 Å². The fourth-order valence-electron chi connectivity index (χ4n) is 2.51. The van der Waals surface area contributed by atoms with Crippen LogP contribution in [0.3, 0.4) is 0 Å². The van der Waals surface area contributed by atoms with Crippen LogP contribution in [0.15, 0.2) is 41.3 Å². The highest BCUT2D eigenvalue weighted by Crippen LogP contribution is 2.28. The lowest BCUT2D eigenvalue weighted by molar-refractivity contribution is 0.0526. The fourth-order valence-corrected chi connectivity index (χ4v) is 3.91. The van der Waals surface area contributed by atoms with Crippen molar-refractivity contribution in [1.82, 2.24) is 0 Å². The Morgan fingerprint density at radius 2 is 1.77 bits per heavy atom. The third-order valence-electron chi connectivity index (χ3n) is 3.78. The van der Waals surface area contributed by atoms with Gasteiger partial charge in [0.05, 0.1) is 28.4 Å². The van der Waals surface area contributed by atoms with E-state index in [0.717, 1.165) is 5.56 Å². The Labute approximate surface area is 154 Å². The summed E-state index contributed by atoms with van der Waals surface area (Å²) in [6.45, 7) is 8.06. The fraction of sp³-hybridized carbons (Fsp3) is 0.316. The topological polar surface area (TPSA) is 84.5 Å². The molecule has 2 N–H and O–H groups in total. The summed E-state index contributed by atoms with van der Waals surface area (Å²) in [5.41, 5.74) is 2.68. The lowest BCUT2D eigenvalue weighted by Gasteiger charge is -2.16. The van der Waals surface area contributed by atoms with E-state index in [-0.39, 0.29) is 17.1 Å². The van der Waals surface area contributed by atoms with Crippen LogP contribution in [0.5, 0.6) is 0 Å². The van der Waals surface area contributed by atoms with Crippen molar-refractivity contribution < 1.29 is 17.9 Å². The average Bonchev–Trinajstić information content (AvgIpc) is 2.58. The molecule has 2 rings (SSSR count). The molecular weight excluding hydrogens is 352 g/mol. The number of rotatable bonds is 7. The van der Waals surface area contributed by atoms with Crippen LogP contribution in [0.1, 0.15) is 35.3 Å². The number of nitrogens with one attached hydrogen (secondary N) is 2. The Balaban J connectivity index is 2.46. The Morgan fingerprint density at radius 1 is 1.04 bits per heavy atom. The maximum atomic E-state index is 12.9. The van der Waals surface area contributed by atoms with Gasteiger partial charge in [-0.1, -0.05) is 12.1 Å². The summed E-state index contributed by atoms with van der Waals surface area (Å²) in [5.74, 6) is -0.497. The number of hydrogen-bond acceptors (Lipinski definition) is 5. The van der Waals surface area contributed by atoms with Gasteiger partial charge in [0.25, 0.3) is 10.0 Å². The van der Waals surface area contributed by atoms with Crippen molar-refractivity contribution in [2.24, 2.45) is 0 Å². The summed E-state index contributed by atoms with van der Waals surface area (Å²) in [6, 6.07) is 10.0. The van der Waals surface area contributed by atoms with E-state index in [0.29, 0.717) is 23.5 Å². The van der Waals surface area contributed by atoms with Crippen molar-refractivity contribution >= 4 is 27.4 Å². The number of esters is 1. The summed E-state index contributed by atoms with van der Waals surface area (Å²) in [7, 11) is -3.80. The number of aryl methyl sites for hydroxylation is 2. The van der Waals surface area contributed by atoms with E-state index < -0.39 is 16.0 Å². The largest absolute Gasteiger partial charge is 0.462 e. The molecule has 0 saturated heterocycles. The Kier molecular flexibility index (Phi) is 6.26. The number of sulfonamides is 1. The molecule has 0 bridgehead atoms. The molecule has 0 atom stereocenters. The van der Waals surface area contributed by atoms with Crippen molar-refractivity contribution in [2.75, 3.05) is 23.2 Å². The molecule has 0 aliphatic rings. The summed E-state index contributed by atoms with van der Waals surface area (Å²) in [5, 5.41) is 3.10. The van der Waals surface area contributed by atoms with Gasteiger partial charge in [-0.3, -0.25) is 4.72 Å². The predicted octanol–water partition coefficient (Wildman–Crippen LogP) is 3.71. The van der Waals surface area contributed by atoms with Crippen molar-refractivity contribution in [3.05, 3.63) is 53.1 Å². The second kappa shape index (κ2) is 8.23. The molecule has 2 aromatic rings. The van der Waals surface area contributed by atoms with Crippen LogP contribution in [0.2, 0.25) is 0 Å². The Bertz CT molecular complexity index is 908. The Morgan fingerprint density at radius 3 is 2.42 bits per heavy atom. The number of carbonyl (C=O) groups is 1. The maximum absolute atomic E-state index is 12.9. The van der Waals surface area contributed by atoms with Gasteiger partial charge in [-0.25, -0.2) is 13.2 Å². The Hall–Kier alpha value is -2.54. The average molecular weight is 376 g/mol. The highest BCUT2D eigenvalue weighted by atomic mass is 32.2. The molecule has 0 aromatic heterocycles. The van der Waals surface area contributed by atoms with Crippen LogP contribution in [0.25, 0.3) is 0 Å². The van der Waals surface area contributed by atoms with Crippen LogP contribution >= 0.6 is 0 Å². The molecule has 0 aliphatic heterocycles. The zero-order valence-corrected chi connectivity index (χ0v) is 16.2. The van der Waals surface area contributed by atoms with E-state index in [1.807, 2.05) is 19.9 Å². The highest BCUT2D eigenvalue weighted by Gasteiger charge is 2.20. The van der Waals surface area contributed by atoms with Crippen molar-refractivity contribution in [3.8, 4) is 0 Å². The summed E-state index contributed by atoms with van der Waals surface area (Å²) in [4.78, 5) is 12.2. The molecule has 140 valence electrons. The molecule has 0 saturated carbocycles. The van der Waals surface area contributed by atoms with E-state index in [2.05, 4.69) is 10.0 Å². The molecule has 0 heterocycles. The highest BCUT2D eigenvalue weighted by molar-refractivity contribution is 7.92. The number of anilines is 2. The number of carbonyl (C=O) groups excluding carboxylic acids is 1. The lowest BCUT2D eigenvalue weighted by atomic mass is 10.1. The minimum absolute atomic E-state index is 0.210. The van der Waals surface area contributed by atoms with E-state index in [9.17, 15) is 13.2 Å². The van der Waals surface area contributed by atoms with E-state index in [4.69, 9.17) is 4.74 Å². The molecule has 0 fully saturated rings. The third-order valence-corrected chi connectivity index (χ3v) is 5.28. The monoisotopic (exact) mass is 376 g/mol. The van der Waals surface area contributed by atoms with Gasteiger partial charge in [-0.05, 0) is 63.1 Å². The molecule has 0 radical (unpaired) electrons. The van der Waals surface area contributed by atoms with Gasteiger partial charge < -0.3 is 10.1 Å². The van der Waals surface area contributed by atoms with Crippen molar-refractivity contribution in [3.63, 3.8) is 0 Å². The van der Waals surface area contributed by atoms with Gasteiger partial charge in [0.2, 0.25) is 0 Å². The van der Waals surface area contributed by atoms with Crippen molar-refractivity contribution in [1.29, 1.82) is 0 Å². The quantitative estimate of drug-likeness (QED) is 0.720. The zero-order valence-electron chi connectivity index (χ0n) is 15.4. The molecule has 0 amide bonds. The maximum Gasteiger partial charge on any atom is 0.338 e. The van der Waals surface area contributed by atoms with E-state index in [1.165, 1.54) is 6.07 Å². The molecule has 0 aliphatic carbocycles.